The highest BCUT2D eigenvalue weighted by atomic mass is 32.2. The van der Waals surface area contributed by atoms with Crippen LogP contribution >= 0.6 is 11.3 Å². The van der Waals surface area contributed by atoms with E-state index >= 15 is 0 Å². The smallest absolute Gasteiger partial charge is 0.261 e. The quantitative estimate of drug-likeness (QED) is 0.938. The SMILES string of the molecule is O=S(=O)(Nc1cscn1)c1cc(C(F)F)ccn1. The van der Waals surface area contributed by atoms with Crippen molar-refractivity contribution < 1.29 is 17.2 Å². The van der Waals surface area contributed by atoms with Crippen molar-refractivity contribution in [1.29, 1.82) is 0 Å². The van der Waals surface area contributed by atoms with Gasteiger partial charge in [0.2, 0.25) is 0 Å². The van der Waals surface area contributed by atoms with Crippen molar-refractivity contribution in [3.05, 3.63) is 34.8 Å². The molecule has 0 spiro atoms. The van der Waals surface area contributed by atoms with Crippen LogP contribution < -0.4 is 4.72 Å². The molecule has 0 amide bonds. The maximum absolute atomic E-state index is 12.5. The van der Waals surface area contributed by atoms with Crippen LogP contribution in [0.1, 0.15) is 12.0 Å². The number of sulfonamides is 1. The van der Waals surface area contributed by atoms with Gasteiger partial charge in [0.15, 0.2) is 10.8 Å². The lowest BCUT2D eigenvalue weighted by Crippen LogP contribution is -2.15. The monoisotopic (exact) mass is 291 g/mol. The number of hydrogen-bond donors (Lipinski definition) is 1. The third-order valence-electron chi connectivity index (χ3n) is 1.96. The number of pyridine rings is 1. The van der Waals surface area contributed by atoms with E-state index in [4.69, 9.17) is 0 Å². The first-order chi connectivity index (χ1) is 8.49. The molecule has 2 aromatic heterocycles. The molecule has 0 aromatic carbocycles. The molecule has 0 aliphatic rings. The van der Waals surface area contributed by atoms with E-state index in [0.717, 1.165) is 18.3 Å². The summed E-state index contributed by atoms with van der Waals surface area (Å²) in [5.74, 6) is 0.129. The van der Waals surface area contributed by atoms with Gasteiger partial charge in [-0.05, 0) is 12.1 Å². The van der Waals surface area contributed by atoms with Crippen LogP contribution in [0, 0.1) is 0 Å². The highest BCUT2D eigenvalue weighted by Crippen LogP contribution is 2.21. The molecule has 0 aliphatic carbocycles. The summed E-state index contributed by atoms with van der Waals surface area (Å²) in [6.45, 7) is 0. The molecule has 2 rings (SSSR count). The summed E-state index contributed by atoms with van der Waals surface area (Å²) >= 11 is 1.21. The zero-order valence-corrected chi connectivity index (χ0v) is 10.4. The van der Waals surface area contributed by atoms with Gasteiger partial charge >= 0.3 is 0 Å². The molecule has 18 heavy (non-hydrogen) atoms. The number of alkyl halides is 2. The molecular weight excluding hydrogens is 284 g/mol. The molecule has 2 heterocycles. The third-order valence-corrected chi connectivity index (χ3v) is 3.80. The summed E-state index contributed by atoms with van der Waals surface area (Å²) in [6, 6.07) is 1.89. The van der Waals surface area contributed by atoms with Gasteiger partial charge in [-0.15, -0.1) is 11.3 Å². The molecule has 0 aliphatic heterocycles. The van der Waals surface area contributed by atoms with E-state index in [2.05, 4.69) is 14.7 Å². The van der Waals surface area contributed by atoms with E-state index in [1.54, 1.807) is 0 Å². The molecule has 1 N–H and O–H groups in total. The Balaban J connectivity index is 2.32. The molecule has 5 nitrogen and oxygen atoms in total. The zero-order chi connectivity index (χ0) is 13.2. The average Bonchev–Trinajstić information content (AvgIpc) is 2.81. The zero-order valence-electron chi connectivity index (χ0n) is 8.75. The Labute approximate surface area is 106 Å². The molecule has 0 fully saturated rings. The van der Waals surface area contributed by atoms with Crippen molar-refractivity contribution in [1.82, 2.24) is 9.97 Å². The van der Waals surface area contributed by atoms with Gasteiger partial charge in [0.05, 0.1) is 5.51 Å². The van der Waals surface area contributed by atoms with Gasteiger partial charge in [-0.25, -0.2) is 18.7 Å². The predicted molar refractivity (Wildman–Crippen MR) is 62.1 cm³/mol. The molecular formula is C9H7F2N3O2S2. The fourth-order valence-electron chi connectivity index (χ4n) is 1.16. The minimum atomic E-state index is -3.99. The summed E-state index contributed by atoms with van der Waals surface area (Å²) < 4.78 is 50.7. The first-order valence-electron chi connectivity index (χ1n) is 4.64. The second-order valence-corrected chi connectivity index (χ2v) is 5.56. The number of hydrogen-bond acceptors (Lipinski definition) is 5. The lowest BCUT2D eigenvalue weighted by Gasteiger charge is -2.06. The molecule has 0 bridgehead atoms. The largest absolute Gasteiger partial charge is 0.280 e. The van der Waals surface area contributed by atoms with Gasteiger partial charge in [0, 0.05) is 17.1 Å². The Kier molecular flexibility index (Phi) is 3.53. The minimum Gasteiger partial charge on any atom is -0.261 e. The van der Waals surface area contributed by atoms with Gasteiger partial charge in [-0.1, -0.05) is 0 Å². The molecule has 0 saturated heterocycles. The van der Waals surface area contributed by atoms with Crippen molar-refractivity contribution in [3.63, 3.8) is 0 Å². The summed E-state index contributed by atoms with van der Waals surface area (Å²) in [7, 11) is -3.99. The van der Waals surface area contributed by atoms with Gasteiger partial charge in [0.1, 0.15) is 0 Å². The van der Waals surface area contributed by atoms with Crippen LogP contribution in [-0.2, 0) is 10.0 Å². The number of nitrogens with one attached hydrogen (secondary N) is 1. The number of thiazole rings is 1. The molecule has 96 valence electrons. The van der Waals surface area contributed by atoms with Crippen LogP contribution in [0.4, 0.5) is 14.6 Å². The fraction of sp³-hybridized carbons (Fsp3) is 0.111. The number of aromatic nitrogens is 2. The molecule has 0 atom stereocenters. The van der Waals surface area contributed by atoms with Crippen LogP contribution in [-0.4, -0.2) is 18.4 Å². The minimum absolute atomic E-state index is 0.129. The second-order valence-electron chi connectivity index (χ2n) is 3.21. The van der Waals surface area contributed by atoms with Crippen molar-refractivity contribution in [2.75, 3.05) is 4.72 Å². The molecule has 9 heteroatoms. The van der Waals surface area contributed by atoms with Crippen LogP contribution in [0.15, 0.2) is 34.2 Å². The molecule has 0 unspecified atom stereocenters. The van der Waals surface area contributed by atoms with E-state index in [-0.39, 0.29) is 5.82 Å². The van der Waals surface area contributed by atoms with Crippen molar-refractivity contribution in [2.24, 2.45) is 0 Å². The maximum atomic E-state index is 12.5. The average molecular weight is 291 g/mol. The third kappa shape index (κ3) is 2.79. The Morgan fingerprint density at radius 2 is 2.11 bits per heavy atom. The summed E-state index contributed by atoms with van der Waals surface area (Å²) in [5, 5.41) is 1.02. The Bertz CT molecular complexity index is 629. The van der Waals surface area contributed by atoms with Gasteiger partial charge < -0.3 is 0 Å². The van der Waals surface area contributed by atoms with Crippen LogP contribution in [0.5, 0.6) is 0 Å². The highest BCUT2D eigenvalue weighted by molar-refractivity contribution is 7.92. The predicted octanol–water partition coefficient (Wildman–Crippen LogP) is 2.28. The topological polar surface area (TPSA) is 72.0 Å². The van der Waals surface area contributed by atoms with E-state index < -0.39 is 27.0 Å². The van der Waals surface area contributed by atoms with Crippen LogP contribution in [0.25, 0.3) is 0 Å². The molecule has 2 aromatic rings. The summed E-state index contributed by atoms with van der Waals surface area (Å²) in [5.41, 5.74) is 1.05. The standard InChI is InChI=1S/C9H7F2N3O2S2/c10-9(11)6-1-2-12-8(3-6)18(15,16)14-7-4-17-5-13-7/h1-5,9,14H. The fourth-order valence-corrected chi connectivity index (χ4v) is 2.70. The lowest BCUT2D eigenvalue weighted by molar-refractivity contribution is 0.151. The van der Waals surface area contributed by atoms with Gasteiger partial charge in [-0.3, -0.25) is 4.72 Å². The first-order valence-corrected chi connectivity index (χ1v) is 7.07. The second kappa shape index (κ2) is 4.94. The van der Waals surface area contributed by atoms with Crippen LogP contribution in [0.3, 0.4) is 0 Å². The van der Waals surface area contributed by atoms with E-state index in [1.807, 2.05) is 0 Å². The van der Waals surface area contributed by atoms with Gasteiger partial charge in [-0.2, -0.15) is 8.42 Å². The first kappa shape index (κ1) is 12.8. The summed E-state index contributed by atoms with van der Waals surface area (Å²) in [6.07, 6.45) is -1.72. The molecule has 0 radical (unpaired) electrons. The summed E-state index contributed by atoms with van der Waals surface area (Å²) in [4.78, 5) is 7.30. The Hall–Kier alpha value is -1.61. The maximum Gasteiger partial charge on any atom is 0.280 e. The number of anilines is 1. The van der Waals surface area contributed by atoms with E-state index in [0.29, 0.717) is 0 Å². The van der Waals surface area contributed by atoms with Gasteiger partial charge in [0.25, 0.3) is 16.4 Å². The van der Waals surface area contributed by atoms with Crippen LogP contribution in [0.2, 0.25) is 0 Å². The number of halogens is 2. The highest BCUT2D eigenvalue weighted by Gasteiger charge is 2.19. The van der Waals surface area contributed by atoms with E-state index in [9.17, 15) is 17.2 Å². The van der Waals surface area contributed by atoms with Crippen molar-refractivity contribution >= 4 is 27.2 Å². The normalized spacial score (nSPS) is 11.7. The number of rotatable bonds is 4. The Morgan fingerprint density at radius 3 is 2.72 bits per heavy atom. The van der Waals surface area contributed by atoms with Crippen molar-refractivity contribution in [3.8, 4) is 0 Å². The lowest BCUT2D eigenvalue weighted by atomic mass is 10.3. The molecule has 0 saturated carbocycles. The number of nitrogens with zero attached hydrogens (tertiary/aromatic N) is 2. The Morgan fingerprint density at radius 1 is 1.33 bits per heavy atom. The van der Waals surface area contributed by atoms with Crippen molar-refractivity contribution in [2.45, 2.75) is 11.5 Å². The van der Waals surface area contributed by atoms with E-state index in [1.165, 1.54) is 22.2 Å².